The minimum absolute atomic E-state index is 0.478. The molecule has 0 spiro atoms. The van der Waals surface area contributed by atoms with E-state index in [2.05, 4.69) is 42.0 Å². The van der Waals surface area contributed by atoms with Crippen molar-refractivity contribution in [1.29, 1.82) is 0 Å². The van der Waals surface area contributed by atoms with Gasteiger partial charge < -0.3 is 10.6 Å². The van der Waals surface area contributed by atoms with Crippen LogP contribution in [0.15, 0.2) is 17.5 Å². The van der Waals surface area contributed by atoms with Crippen LogP contribution in [-0.2, 0) is 0 Å². The Bertz CT molecular complexity index is 315. The molecule has 3 heteroatoms. The Kier molecular flexibility index (Phi) is 5.67. The van der Waals surface area contributed by atoms with E-state index in [1.807, 2.05) is 11.3 Å². The Labute approximate surface area is 115 Å². The number of hydrogen-bond donors (Lipinski definition) is 2. The molecule has 3 atom stereocenters. The summed E-state index contributed by atoms with van der Waals surface area (Å²) in [4.78, 5) is 1.44. The molecular formula is C15H26N2S. The minimum atomic E-state index is 0.478. The zero-order valence-corrected chi connectivity index (χ0v) is 12.4. The Morgan fingerprint density at radius 3 is 3.06 bits per heavy atom. The van der Waals surface area contributed by atoms with Crippen LogP contribution in [0.25, 0.3) is 0 Å². The fraction of sp³-hybridized carbons (Fsp3) is 0.733. The Hall–Kier alpha value is -0.380. The van der Waals surface area contributed by atoms with E-state index in [1.165, 1.54) is 43.5 Å². The van der Waals surface area contributed by atoms with E-state index in [0.29, 0.717) is 18.1 Å². The maximum atomic E-state index is 3.72. The van der Waals surface area contributed by atoms with Crippen molar-refractivity contribution in [2.45, 2.75) is 64.1 Å². The van der Waals surface area contributed by atoms with Crippen LogP contribution >= 0.6 is 11.3 Å². The molecule has 2 nitrogen and oxygen atoms in total. The molecule has 0 aliphatic carbocycles. The first-order valence-electron chi connectivity index (χ1n) is 7.28. The molecule has 1 aliphatic rings. The van der Waals surface area contributed by atoms with E-state index < -0.39 is 0 Å². The molecule has 18 heavy (non-hydrogen) atoms. The highest BCUT2D eigenvalue weighted by Gasteiger charge is 2.16. The standard InChI is InChI=1S/C15H26N2S/c1-12(11-14-7-4-3-5-9-16-14)17-13(2)15-8-6-10-18-15/h6,8,10,12-14,16-17H,3-5,7,9,11H2,1-2H3/t12?,13-,14?/m0/s1. The monoisotopic (exact) mass is 266 g/mol. The zero-order chi connectivity index (χ0) is 12.8. The average molecular weight is 266 g/mol. The predicted molar refractivity (Wildman–Crippen MR) is 80.2 cm³/mol. The number of nitrogens with one attached hydrogen (secondary N) is 2. The van der Waals surface area contributed by atoms with Crippen molar-refractivity contribution in [1.82, 2.24) is 10.6 Å². The van der Waals surface area contributed by atoms with Crippen LogP contribution in [0.4, 0.5) is 0 Å². The van der Waals surface area contributed by atoms with E-state index in [4.69, 9.17) is 0 Å². The van der Waals surface area contributed by atoms with Crippen molar-refractivity contribution < 1.29 is 0 Å². The molecule has 1 saturated heterocycles. The highest BCUT2D eigenvalue weighted by molar-refractivity contribution is 7.10. The second-order valence-corrected chi connectivity index (χ2v) is 6.52. The smallest absolute Gasteiger partial charge is 0.0388 e. The molecule has 1 aromatic rings. The van der Waals surface area contributed by atoms with Crippen LogP contribution < -0.4 is 10.6 Å². The van der Waals surface area contributed by atoms with E-state index in [1.54, 1.807) is 0 Å². The molecule has 0 radical (unpaired) electrons. The van der Waals surface area contributed by atoms with Gasteiger partial charge in [-0.1, -0.05) is 18.9 Å². The highest BCUT2D eigenvalue weighted by Crippen LogP contribution is 2.20. The maximum Gasteiger partial charge on any atom is 0.0388 e. The van der Waals surface area contributed by atoms with Gasteiger partial charge in [-0.05, 0) is 51.1 Å². The summed E-state index contributed by atoms with van der Waals surface area (Å²) >= 11 is 1.84. The van der Waals surface area contributed by atoms with Crippen LogP contribution in [0.1, 0.15) is 56.9 Å². The fourth-order valence-corrected chi connectivity index (χ4v) is 3.59. The van der Waals surface area contributed by atoms with Crippen molar-refractivity contribution in [2.75, 3.05) is 6.54 Å². The number of rotatable bonds is 5. The Morgan fingerprint density at radius 2 is 2.28 bits per heavy atom. The quantitative estimate of drug-likeness (QED) is 0.849. The summed E-state index contributed by atoms with van der Waals surface area (Å²) in [6.45, 7) is 5.79. The summed E-state index contributed by atoms with van der Waals surface area (Å²) in [7, 11) is 0. The summed E-state index contributed by atoms with van der Waals surface area (Å²) in [5, 5.41) is 9.56. The SMILES string of the molecule is CC(CC1CCCCCN1)N[C@@H](C)c1cccs1. The second-order valence-electron chi connectivity index (χ2n) is 5.54. The van der Waals surface area contributed by atoms with Crippen molar-refractivity contribution in [2.24, 2.45) is 0 Å². The Balaban J connectivity index is 1.75. The first-order valence-corrected chi connectivity index (χ1v) is 8.16. The average Bonchev–Trinajstić information content (AvgIpc) is 2.76. The molecule has 2 unspecified atom stereocenters. The van der Waals surface area contributed by atoms with Gasteiger partial charge in [0, 0.05) is 23.0 Å². The first kappa shape index (κ1) is 14.0. The van der Waals surface area contributed by atoms with Crippen LogP contribution in [0.3, 0.4) is 0 Å². The molecule has 0 saturated carbocycles. The molecule has 1 fully saturated rings. The summed E-state index contributed by atoms with van der Waals surface area (Å²) in [5.74, 6) is 0. The van der Waals surface area contributed by atoms with Crippen LogP contribution in [0.5, 0.6) is 0 Å². The summed E-state index contributed by atoms with van der Waals surface area (Å²) in [5.41, 5.74) is 0. The molecule has 0 aromatic carbocycles. The predicted octanol–water partition coefficient (Wildman–Crippen LogP) is 3.71. The van der Waals surface area contributed by atoms with E-state index in [-0.39, 0.29) is 0 Å². The van der Waals surface area contributed by atoms with Gasteiger partial charge in [-0.15, -0.1) is 11.3 Å². The topological polar surface area (TPSA) is 24.1 Å². The largest absolute Gasteiger partial charge is 0.314 e. The lowest BCUT2D eigenvalue weighted by molar-refractivity contribution is 0.382. The molecule has 1 aromatic heterocycles. The lowest BCUT2D eigenvalue weighted by Gasteiger charge is -2.24. The van der Waals surface area contributed by atoms with Gasteiger partial charge in [0.1, 0.15) is 0 Å². The van der Waals surface area contributed by atoms with Crippen LogP contribution in [0, 0.1) is 0 Å². The van der Waals surface area contributed by atoms with Gasteiger partial charge in [-0.3, -0.25) is 0 Å². The van der Waals surface area contributed by atoms with Crippen LogP contribution in [0.2, 0.25) is 0 Å². The van der Waals surface area contributed by atoms with E-state index >= 15 is 0 Å². The van der Waals surface area contributed by atoms with Gasteiger partial charge >= 0.3 is 0 Å². The summed E-state index contributed by atoms with van der Waals surface area (Å²) in [6, 6.07) is 6.13. The van der Waals surface area contributed by atoms with Crippen molar-refractivity contribution >= 4 is 11.3 Å². The fourth-order valence-electron chi connectivity index (χ4n) is 2.84. The minimum Gasteiger partial charge on any atom is -0.314 e. The normalized spacial score (nSPS) is 24.4. The molecule has 0 amide bonds. The summed E-state index contributed by atoms with van der Waals surface area (Å²) < 4.78 is 0. The van der Waals surface area contributed by atoms with Crippen molar-refractivity contribution in [3.05, 3.63) is 22.4 Å². The number of thiophene rings is 1. The van der Waals surface area contributed by atoms with Gasteiger partial charge in [-0.2, -0.15) is 0 Å². The molecular weight excluding hydrogens is 240 g/mol. The van der Waals surface area contributed by atoms with Gasteiger partial charge in [0.2, 0.25) is 0 Å². The first-order chi connectivity index (χ1) is 8.75. The zero-order valence-electron chi connectivity index (χ0n) is 11.6. The molecule has 102 valence electrons. The van der Waals surface area contributed by atoms with Gasteiger partial charge in [0.25, 0.3) is 0 Å². The third-order valence-electron chi connectivity index (χ3n) is 3.80. The summed E-state index contributed by atoms with van der Waals surface area (Å²) in [6.07, 6.45) is 6.74. The molecule has 2 N–H and O–H groups in total. The second kappa shape index (κ2) is 7.27. The molecule has 2 rings (SSSR count). The molecule has 2 heterocycles. The Morgan fingerprint density at radius 1 is 1.39 bits per heavy atom. The van der Waals surface area contributed by atoms with E-state index in [0.717, 1.165) is 0 Å². The molecule has 1 aliphatic heterocycles. The third-order valence-corrected chi connectivity index (χ3v) is 4.86. The maximum absolute atomic E-state index is 3.72. The number of hydrogen-bond acceptors (Lipinski definition) is 3. The van der Waals surface area contributed by atoms with Gasteiger partial charge in [-0.25, -0.2) is 0 Å². The highest BCUT2D eigenvalue weighted by atomic mass is 32.1. The third kappa shape index (κ3) is 4.38. The lowest BCUT2D eigenvalue weighted by atomic mass is 10.0. The van der Waals surface area contributed by atoms with Crippen molar-refractivity contribution in [3.8, 4) is 0 Å². The lowest BCUT2D eigenvalue weighted by Crippen LogP contribution is -2.37. The van der Waals surface area contributed by atoms with Gasteiger partial charge in [0.15, 0.2) is 0 Å². The van der Waals surface area contributed by atoms with Gasteiger partial charge in [0.05, 0.1) is 0 Å². The molecule has 0 bridgehead atoms. The van der Waals surface area contributed by atoms with E-state index in [9.17, 15) is 0 Å². The van der Waals surface area contributed by atoms with Crippen molar-refractivity contribution in [3.63, 3.8) is 0 Å². The van der Waals surface area contributed by atoms with Crippen LogP contribution in [-0.4, -0.2) is 18.6 Å².